The molecule has 2 aliphatic heterocycles. The first-order chi connectivity index (χ1) is 9.20. The van der Waals surface area contributed by atoms with Crippen molar-refractivity contribution in [2.24, 2.45) is 0 Å². The van der Waals surface area contributed by atoms with E-state index >= 15 is 0 Å². The van der Waals surface area contributed by atoms with E-state index in [0.29, 0.717) is 6.04 Å². The summed E-state index contributed by atoms with van der Waals surface area (Å²) in [6.45, 7) is 4.92. The lowest BCUT2D eigenvalue weighted by molar-refractivity contribution is -0.0336. The Balaban J connectivity index is 1.73. The predicted molar refractivity (Wildman–Crippen MR) is 80.7 cm³/mol. The van der Waals surface area contributed by atoms with Gasteiger partial charge in [-0.05, 0) is 50.8 Å². The summed E-state index contributed by atoms with van der Waals surface area (Å²) in [5, 5.41) is 19.9. The molecule has 0 aliphatic carbocycles. The van der Waals surface area contributed by atoms with Crippen molar-refractivity contribution in [3.8, 4) is 0 Å². The number of hydrogen-bond donors (Lipinski definition) is 2. The molecule has 0 unspecified atom stereocenters. The van der Waals surface area contributed by atoms with E-state index in [-0.39, 0.29) is 12.2 Å². The van der Waals surface area contributed by atoms with Crippen LogP contribution in [0.4, 0.5) is 0 Å². The van der Waals surface area contributed by atoms with Gasteiger partial charge in [0.2, 0.25) is 0 Å². The molecule has 19 heavy (non-hydrogen) atoms. The Morgan fingerprint density at radius 2 is 1.84 bits per heavy atom. The first-order valence-electron chi connectivity index (χ1n) is 7.52. The van der Waals surface area contributed by atoms with Gasteiger partial charge in [-0.3, -0.25) is 4.90 Å². The lowest BCUT2D eigenvalue weighted by atomic mass is 9.96. The van der Waals surface area contributed by atoms with Gasteiger partial charge in [0, 0.05) is 25.7 Å². The summed E-state index contributed by atoms with van der Waals surface area (Å²) in [5.41, 5.74) is 0. The molecule has 2 heterocycles. The number of hydrogen-bond acceptors (Lipinski definition) is 5. The number of β-amino-alcohol motifs (C(OH)–C–C–N with tert-alkyl or cyclic N) is 1. The highest BCUT2D eigenvalue weighted by atomic mass is 32.2. The number of thioether (sulfide) groups is 1. The molecule has 0 bridgehead atoms. The fourth-order valence-corrected chi connectivity index (χ4v) is 3.68. The van der Waals surface area contributed by atoms with Crippen LogP contribution in [0.5, 0.6) is 0 Å². The quantitative estimate of drug-likeness (QED) is 0.727. The second-order valence-corrected chi connectivity index (χ2v) is 6.82. The molecule has 2 rings (SSSR count). The normalized spacial score (nSPS) is 31.7. The van der Waals surface area contributed by atoms with E-state index in [1.807, 2.05) is 11.8 Å². The second kappa shape index (κ2) is 7.84. The number of nitrogens with zero attached hydrogens (tertiary/aromatic N) is 2. The molecule has 0 aromatic heterocycles. The maximum Gasteiger partial charge on any atom is 0.0822 e. The fraction of sp³-hybridized carbons (Fsp3) is 1.00. The van der Waals surface area contributed by atoms with Crippen LogP contribution in [0, 0.1) is 0 Å². The standard InChI is InChI=1S/C14H28N2O2S/c1-19-10-2-6-15-7-5-13(14(18)11-15)16-8-3-12(17)4-9-16/h12-14,17-18H,2-11H2,1H3/t13-,14-/m1/s1. The maximum absolute atomic E-state index is 10.4. The number of aliphatic hydroxyl groups excluding tert-OH is 2. The average Bonchev–Trinajstić information content (AvgIpc) is 2.41. The third-order valence-corrected chi connectivity index (χ3v) is 5.12. The molecular weight excluding hydrogens is 260 g/mol. The summed E-state index contributed by atoms with van der Waals surface area (Å²) in [4.78, 5) is 4.78. The highest BCUT2D eigenvalue weighted by Crippen LogP contribution is 2.21. The van der Waals surface area contributed by atoms with Gasteiger partial charge in [-0.15, -0.1) is 0 Å². The number of likely N-dealkylation sites (tertiary alicyclic amines) is 2. The lowest BCUT2D eigenvalue weighted by Crippen LogP contribution is -2.56. The highest BCUT2D eigenvalue weighted by molar-refractivity contribution is 7.98. The highest BCUT2D eigenvalue weighted by Gasteiger charge is 2.33. The first-order valence-corrected chi connectivity index (χ1v) is 8.91. The average molecular weight is 288 g/mol. The molecule has 2 fully saturated rings. The van der Waals surface area contributed by atoms with Crippen molar-refractivity contribution in [1.29, 1.82) is 0 Å². The topological polar surface area (TPSA) is 46.9 Å². The number of aliphatic hydroxyl groups is 2. The van der Waals surface area contributed by atoms with Gasteiger partial charge < -0.3 is 15.1 Å². The van der Waals surface area contributed by atoms with Crippen molar-refractivity contribution >= 4 is 11.8 Å². The Morgan fingerprint density at radius 3 is 2.47 bits per heavy atom. The zero-order valence-electron chi connectivity index (χ0n) is 12.0. The van der Waals surface area contributed by atoms with Gasteiger partial charge in [0.05, 0.1) is 12.2 Å². The molecule has 2 atom stereocenters. The molecule has 0 amide bonds. The summed E-state index contributed by atoms with van der Waals surface area (Å²) < 4.78 is 0. The van der Waals surface area contributed by atoms with Crippen molar-refractivity contribution in [2.75, 3.05) is 44.7 Å². The summed E-state index contributed by atoms with van der Waals surface area (Å²) in [6.07, 6.45) is 5.80. The van der Waals surface area contributed by atoms with Crippen LogP contribution >= 0.6 is 11.8 Å². The Labute approximate surface area is 121 Å². The van der Waals surface area contributed by atoms with E-state index in [1.54, 1.807) is 0 Å². The minimum absolute atomic E-state index is 0.125. The van der Waals surface area contributed by atoms with E-state index in [4.69, 9.17) is 0 Å². The third kappa shape index (κ3) is 4.60. The number of rotatable bonds is 5. The molecule has 0 saturated carbocycles. The zero-order chi connectivity index (χ0) is 13.7. The van der Waals surface area contributed by atoms with Crippen LogP contribution in [0.25, 0.3) is 0 Å². The summed E-state index contributed by atoms with van der Waals surface area (Å²) in [5.74, 6) is 1.21. The lowest BCUT2D eigenvalue weighted by Gasteiger charge is -2.43. The molecule has 2 saturated heterocycles. The number of piperidine rings is 2. The molecule has 2 N–H and O–H groups in total. The first kappa shape index (κ1) is 15.6. The Kier molecular flexibility index (Phi) is 6.42. The van der Waals surface area contributed by atoms with E-state index in [2.05, 4.69) is 16.1 Å². The molecule has 0 spiro atoms. The maximum atomic E-state index is 10.4. The SMILES string of the molecule is CSCCCN1CC[C@@H](N2CCC(O)CC2)[C@H](O)C1. The monoisotopic (exact) mass is 288 g/mol. The molecule has 4 nitrogen and oxygen atoms in total. The van der Waals surface area contributed by atoms with E-state index in [1.165, 1.54) is 12.2 Å². The Bertz CT molecular complexity index is 260. The Hall–Kier alpha value is 0.190. The van der Waals surface area contributed by atoms with E-state index < -0.39 is 0 Å². The van der Waals surface area contributed by atoms with Gasteiger partial charge in [0.25, 0.3) is 0 Å². The van der Waals surface area contributed by atoms with Gasteiger partial charge in [-0.25, -0.2) is 0 Å². The van der Waals surface area contributed by atoms with Crippen LogP contribution in [0.1, 0.15) is 25.7 Å². The second-order valence-electron chi connectivity index (χ2n) is 5.84. The molecule has 0 radical (unpaired) electrons. The van der Waals surface area contributed by atoms with Crippen LogP contribution in [0.2, 0.25) is 0 Å². The van der Waals surface area contributed by atoms with Crippen molar-refractivity contribution < 1.29 is 10.2 Å². The fourth-order valence-electron chi connectivity index (χ4n) is 3.26. The minimum Gasteiger partial charge on any atom is -0.393 e. The molecular formula is C14H28N2O2S. The Morgan fingerprint density at radius 1 is 1.11 bits per heavy atom. The van der Waals surface area contributed by atoms with Gasteiger partial charge in [0.1, 0.15) is 0 Å². The zero-order valence-corrected chi connectivity index (χ0v) is 12.8. The van der Waals surface area contributed by atoms with Crippen LogP contribution < -0.4 is 0 Å². The molecule has 112 valence electrons. The van der Waals surface area contributed by atoms with Gasteiger partial charge >= 0.3 is 0 Å². The van der Waals surface area contributed by atoms with Crippen LogP contribution in [-0.4, -0.2) is 83.0 Å². The van der Waals surface area contributed by atoms with E-state index in [0.717, 1.165) is 52.0 Å². The van der Waals surface area contributed by atoms with Crippen molar-refractivity contribution in [1.82, 2.24) is 9.80 Å². The van der Waals surface area contributed by atoms with Crippen LogP contribution in [0.15, 0.2) is 0 Å². The van der Waals surface area contributed by atoms with Crippen molar-refractivity contribution in [3.63, 3.8) is 0 Å². The predicted octanol–water partition coefficient (Wildman–Crippen LogP) is 0.631. The molecule has 5 heteroatoms. The van der Waals surface area contributed by atoms with Crippen molar-refractivity contribution in [3.05, 3.63) is 0 Å². The third-order valence-electron chi connectivity index (χ3n) is 4.42. The molecule has 0 aromatic carbocycles. The van der Waals surface area contributed by atoms with Crippen LogP contribution in [-0.2, 0) is 0 Å². The summed E-state index contributed by atoms with van der Waals surface area (Å²) in [6, 6.07) is 0.310. The van der Waals surface area contributed by atoms with Gasteiger partial charge in [-0.1, -0.05) is 0 Å². The smallest absolute Gasteiger partial charge is 0.0822 e. The van der Waals surface area contributed by atoms with Gasteiger partial charge in [0.15, 0.2) is 0 Å². The summed E-state index contributed by atoms with van der Waals surface area (Å²) >= 11 is 1.89. The molecule has 2 aliphatic rings. The largest absolute Gasteiger partial charge is 0.393 e. The van der Waals surface area contributed by atoms with Crippen LogP contribution in [0.3, 0.4) is 0 Å². The minimum atomic E-state index is -0.224. The molecule has 0 aromatic rings. The van der Waals surface area contributed by atoms with Crippen molar-refractivity contribution in [2.45, 2.75) is 43.9 Å². The summed E-state index contributed by atoms with van der Waals surface area (Å²) in [7, 11) is 0. The van der Waals surface area contributed by atoms with Gasteiger partial charge in [-0.2, -0.15) is 11.8 Å². The van der Waals surface area contributed by atoms with E-state index in [9.17, 15) is 10.2 Å².